The maximum absolute atomic E-state index is 12.3. The van der Waals surface area contributed by atoms with E-state index in [0.29, 0.717) is 19.5 Å². The molecule has 11 heteroatoms. The van der Waals surface area contributed by atoms with Gasteiger partial charge in [0, 0.05) is 12.6 Å². The Labute approximate surface area is 144 Å². The second-order valence-electron chi connectivity index (χ2n) is 5.63. The van der Waals surface area contributed by atoms with Crippen LogP contribution < -0.4 is 20.1 Å². The van der Waals surface area contributed by atoms with E-state index in [1.807, 2.05) is 0 Å². The molecule has 5 nitrogen and oxygen atoms in total. The third kappa shape index (κ3) is 6.62. The van der Waals surface area contributed by atoms with Crippen molar-refractivity contribution >= 4 is 5.91 Å². The fraction of sp³-hybridized carbons (Fsp3) is 0.533. The van der Waals surface area contributed by atoms with Gasteiger partial charge >= 0.3 is 12.4 Å². The Morgan fingerprint density at radius 2 is 1.77 bits per heavy atom. The van der Waals surface area contributed by atoms with Crippen molar-refractivity contribution in [2.45, 2.75) is 24.8 Å². The van der Waals surface area contributed by atoms with Crippen LogP contribution in [0.15, 0.2) is 18.2 Å². The van der Waals surface area contributed by atoms with Crippen LogP contribution in [0.1, 0.15) is 16.8 Å². The highest BCUT2D eigenvalue weighted by molar-refractivity contribution is 5.97. The summed E-state index contributed by atoms with van der Waals surface area (Å²) in [5, 5.41) is 5.58. The molecule has 1 aromatic rings. The lowest BCUT2D eigenvalue weighted by Gasteiger charge is -2.17. The lowest BCUT2D eigenvalue weighted by Crippen LogP contribution is -2.36. The molecule has 0 radical (unpaired) electrons. The molecule has 1 heterocycles. The Morgan fingerprint density at radius 1 is 1.12 bits per heavy atom. The molecular weight excluding hydrogens is 370 g/mol. The van der Waals surface area contributed by atoms with Crippen LogP contribution in [0.2, 0.25) is 0 Å². The quantitative estimate of drug-likeness (QED) is 0.739. The van der Waals surface area contributed by atoms with E-state index in [4.69, 9.17) is 0 Å². The largest absolute Gasteiger partial charge is 0.484 e. The average molecular weight is 386 g/mol. The van der Waals surface area contributed by atoms with E-state index in [0.717, 1.165) is 18.2 Å². The average Bonchev–Trinajstić information content (AvgIpc) is 3.02. The summed E-state index contributed by atoms with van der Waals surface area (Å²) in [5.74, 6) is -1.46. The number of carbonyl (C=O) groups excluding carboxylic acids is 1. The van der Waals surface area contributed by atoms with E-state index < -0.39 is 37.2 Å². The van der Waals surface area contributed by atoms with E-state index in [2.05, 4.69) is 20.1 Å². The number of alkyl halides is 6. The maximum Gasteiger partial charge on any atom is 0.422 e. The summed E-state index contributed by atoms with van der Waals surface area (Å²) in [6.07, 6.45) is -8.60. The summed E-state index contributed by atoms with van der Waals surface area (Å²) in [6.45, 7) is -2.09. The summed E-state index contributed by atoms with van der Waals surface area (Å²) < 4.78 is 82.9. The van der Waals surface area contributed by atoms with Gasteiger partial charge < -0.3 is 20.1 Å². The third-order valence-corrected chi connectivity index (χ3v) is 3.39. The minimum absolute atomic E-state index is 0.238. The number of ether oxygens (including phenoxy) is 2. The molecule has 2 rings (SSSR count). The summed E-state index contributed by atoms with van der Waals surface area (Å²) in [7, 11) is 0. The Hall–Kier alpha value is -2.17. The van der Waals surface area contributed by atoms with Gasteiger partial charge in [-0.05, 0) is 31.2 Å². The van der Waals surface area contributed by atoms with E-state index in [-0.39, 0.29) is 17.4 Å². The van der Waals surface area contributed by atoms with Crippen molar-refractivity contribution in [3.05, 3.63) is 23.8 Å². The van der Waals surface area contributed by atoms with Crippen molar-refractivity contribution in [3.63, 3.8) is 0 Å². The molecule has 1 fully saturated rings. The predicted molar refractivity (Wildman–Crippen MR) is 78.3 cm³/mol. The molecule has 1 aliphatic heterocycles. The maximum atomic E-state index is 12.3. The van der Waals surface area contributed by atoms with Gasteiger partial charge in [0.05, 0.1) is 5.56 Å². The smallest absolute Gasteiger partial charge is 0.422 e. The van der Waals surface area contributed by atoms with Gasteiger partial charge in [-0.25, -0.2) is 0 Å². The molecule has 1 saturated heterocycles. The van der Waals surface area contributed by atoms with Crippen LogP contribution in [0, 0.1) is 0 Å². The second kappa shape index (κ2) is 8.02. The molecule has 1 unspecified atom stereocenters. The van der Waals surface area contributed by atoms with Gasteiger partial charge in [0.25, 0.3) is 5.91 Å². The summed E-state index contributed by atoms with van der Waals surface area (Å²) in [6, 6.07) is 2.66. The van der Waals surface area contributed by atoms with E-state index in [9.17, 15) is 31.1 Å². The molecule has 0 aromatic heterocycles. The van der Waals surface area contributed by atoms with Gasteiger partial charge in [0.2, 0.25) is 0 Å². The second-order valence-corrected chi connectivity index (χ2v) is 5.63. The van der Waals surface area contributed by atoms with Crippen LogP contribution >= 0.6 is 0 Å². The Bertz CT molecular complexity index is 627. The molecule has 0 saturated carbocycles. The number of benzene rings is 1. The standard InChI is InChI=1S/C15H16F6N2O3/c16-14(17,18)7-25-10-1-2-12(26-8-15(19,20)21)11(5-10)13(24)23-9-3-4-22-6-9/h1-2,5,9,22H,3-4,6-8H2,(H,23,24). The molecular formula is C15H16F6N2O3. The van der Waals surface area contributed by atoms with Crippen LogP contribution in [0.3, 0.4) is 0 Å². The van der Waals surface area contributed by atoms with Gasteiger partial charge in [0.1, 0.15) is 11.5 Å². The molecule has 1 amide bonds. The number of carbonyl (C=O) groups is 1. The van der Waals surface area contributed by atoms with E-state index >= 15 is 0 Å². The summed E-state index contributed by atoms with van der Waals surface area (Å²) in [5.41, 5.74) is -0.333. The SMILES string of the molecule is O=C(NC1CCNC1)c1cc(OCC(F)(F)F)ccc1OCC(F)(F)F. The highest BCUT2D eigenvalue weighted by Gasteiger charge is 2.31. The predicted octanol–water partition coefficient (Wildman–Crippen LogP) is 2.66. The minimum Gasteiger partial charge on any atom is -0.484 e. The van der Waals surface area contributed by atoms with Crippen molar-refractivity contribution in [1.82, 2.24) is 10.6 Å². The Kier molecular flexibility index (Phi) is 6.21. The van der Waals surface area contributed by atoms with Crippen molar-refractivity contribution < 1.29 is 40.6 Å². The van der Waals surface area contributed by atoms with Gasteiger partial charge in [-0.3, -0.25) is 4.79 Å². The summed E-state index contributed by atoms with van der Waals surface area (Å²) >= 11 is 0. The zero-order valence-electron chi connectivity index (χ0n) is 13.3. The number of hydrogen-bond acceptors (Lipinski definition) is 4. The molecule has 1 aromatic carbocycles. The molecule has 0 bridgehead atoms. The zero-order valence-corrected chi connectivity index (χ0v) is 13.3. The van der Waals surface area contributed by atoms with Crippen LogP contribution in [0.25, 0.3) is 0 Å². The Morgan fingerprint density at radius 3 is 2.35 bits per heavy atom. The number of amides is 1. The lowest BCUT2D eigenvalue weighted by molar-refractivity contribution is -0.154. The lowest BCUT2D eigenvalue weighted by atomic mass is 10.1. The van der Waals surface area contributed by atoms with Crippen LogP contribution in [-0.2, 0) is 0 Å². The molecule has 2 N–H and O–H groups in total. The first-order valence-corrected chi connectivity index (χ1v) is 7.58. The normalized spacial score (nSPS) is 17.8. The Balaban J connectivity index is 2.17. The molecule has 1 atom stereocenters. The fourth-order valence-electron chi connectivity index (χ4n) is 2.27. The number of rotatable bonds is 6. The monoisotopic (exact) mass is 386 g/mol. The van der Waals surface area contributed by atoms with Crippen molar-refractivity contribution in [2.24, 2.45) is 0 Å². The van der Waals surface area contributed by atoms with Crippen molar-refractivity contribution in [2.75, 3.05) is 26.3 Å². The van der Waals surface area contributed by atoms with Gasteiger partial charge in [-0.2, -0.15) is 26.3 Å². The zero-order chi connectivity index (χ0) is 19.4. The highest BCUT2D eigenvalue weighted by Crippen LogP contribution is 2.28. The molecule has 146 valence electrons. The topological polar surface area (TPSA) is 59.6 Å². The van der Waals surface area contributed by atoms with E-state index in [1.165, 1.54) is 0 Å². The van der Waals surface area contributed by atoms with Crippen LogP contribution in [0.5, 0.6) is 11.5 Å². The minimum atomic E-state index is -4.63. The first-order chi connectivity index (χ1) is 12.0. The highest BCUT2D eigenvalue weighted by atomic mass is 19.4. The van der Waals surface area contributed by atoms with Crippen molar-refractivity contribution in [3.8, 4) is 11.5 Å². The first kappa shape index (κ1) is 20.1. The summed E-state index contributed by atoms with van der Waals surface area (Å²) in [4.78, 5) is 12.3. The third-order valence-electron chi connectivity index (χ3n) is 3.39. The molecule has 0 aliphatic carbocycles. The number of halogens is 6. The molecule has 0 spiro atoms. The molecule has 26 heavy (non-hydrogen) atoms. The van der Waals surface area contributed by atoms with Gasteiger partial charge in [0.15, 0.2) is 13.2 Å². The van der Waals surface area contributed by atoms with Gasteiger partial charge in [-0.15, -0.1) is 0 Å². The number of nitrogens with one attached hydrogen (secondary N) is 2. The first-order valence-electron chi connectivity index (χ1n) is 7.58. The molecule has 1 aliphatic rings. The van der Waals surface area contributed by atoms with Crippen LogP contribution in [-0.4, -0.2) is 50.6 Å². The fourth-order valence-corrected chi connectivity index (χ4v) is 2.27. The number of hydrogen-bond donors (Lipinski definition) is 2. The van der Waals surface area contributed by atoms with Gasteiger partial charge in [-0.1, -0.05) is 0 Å². The van der Waals surface area contributed by atoms with E-state index in [1.54, 1.807) is 0 Å². The van der Waals surface area contributed by atoms with Crippen LogP contribution in [0.4, 0.5) is 26.3 Å². The van der Waals surface area contributed by atoms with Crippen molar-refractivity contribution in [1.29, 1.82) is 0 Å².